The molecule has 0 bridgehead atoms. The van der Waals surface area contributed by atoms with E-state index in [0.717, 1.165) is 19.0 Å². The molecule has 0 aliphatic heterocycles. The van der Waals surface area contributed by atoms with Crippen molar-refractivity contribution in [1.29, 1.82) is 0 Å². The Balaban J connectivity index is 2.00. The summed E-state index contributed by atoms with van der Waals surface area (Å²) in [6.45, 7) is 6.63. The van der Waals surface area contributed by atoms with E-state index in [9.17, 15) is 0 Å². The molecule has 2 rings (SSSR count). The lowest BCUT2D eigenvalue weighted by Crippen LogP contribution is -2.51. The van der Waals surface area contributed by atoms with E-state index in [4.69, 9.17) is 0 Å². The van der Waals surface area contributed by atoms with Crippen LogP contribution in [0.4, 0.5) is 0 Å². The number of aromatic nitrogens is 1. The fourth-order valence-electron chi connectivity index (χ4n) is 3.78. The minimum atomic E-state index is 0.648. The molecule has 1 fully saturated rings. The second kappa shape index (κ2) is 8.50. The highest BCUT2D eigenvalue weighted by atomic mass is 15.2. The van der Waals surface area contributed by atoms with Gasteiger partial charge in [-0.15, -0.1) is 0 Å². The smallest absolute Gasteiger partial charge is 0.0271 e. The van der Waals surface area contributed by atoms with Gasteiger partial charge in [0.2, 0.25) is 0 Å². The lowest BCUT2D eigenvalue weighted by atomic mass is 9.79. The van der Waals surface area contributed by atoms with Gasteiger partial charge < -0.3 is 5.32 Å². The maximum atomic E-state index is 4.12. The number of nitrogens with one attached hydrogen (secondary N) is 1. The zero-order valence-electron chi connectivity index (χ0n) is 13.9. The van der Waals surface area contributed by atoms with Crippen molar-refractivity contribution >= 4 is 0 Å². The quantitative estimate of drug-likeness (QED) is 0.833. The van der Waals surface area contributed by atoms with E-state index >= 15 is 0 Å². The molecule has 0 aromatic carbocycles. The molecule has 1 N–H and O–H groups in total. The van der Waals surface area contributed by atoms with Crippen LogP contribution >= 0.6 is 0 Å². The van der Waals surface area contributed by atoms with Crippen LogP contribution in [0.15, 0.2) is 24.5 Å². The average molecular weight is 289 g/mol. The Hall–Kier alpha value is -0.930. The molecule has 0 radical (unpaired) electrons. The highest BCUT2D eigenvalue weighted by Gasteiger charge is 2.32. The molecule has 3 atom stereocenters. The molecular formula is C18H31N3. The number of hydrogen-bond acceptors (Lipinski definition) is 3. The topological polar surface area (TPSA) is 28.2 Å². The van der Waals surface area contributed by atoms with Crippen molar-refractivity contribution in [3.63, 3.8) is 0 Å². The first-order valence-electron chi connectivity index (χ1n) is 8.57. The first kappa shape index (κ1) is 16.4. The summed E-state index contributed by atoms with van der Waals surface area (Å²) in [7, 11) is 2.28. The number of rotatable bonds is 7. The van der Waals surface area contributed by atoms with Crippen LogP contribution in [-0.4, -0.2) is 35.6 Å². The molecule has 118 valence electrons. The van der Waals surface area contributed by atoms with Crippen LogP contribution in [0.5, 0.6) is 0 Å². The highest BCUT2D eigenvalue weighted by molar-refractivity contribution is 5.09. The fraction of sp³-hybridized carbons (Fsp3) is 0.722. The Morgan fingerprint density at radius 3 is 2.67 bits per heavy atom. The van der Waals surface area contributed by atoms with Crippen LogP contribution in [0.25, 0.3) is 0 Å². The predicted molar refractivity (Wildman–Crippen MR) is 89.2 cm³/mol. The summed E-state index contributed by atoms with van der Waals surface area (Å²) in [6, 6.07) is 5.56. The van der Waals surface area contributed by atoms with E-state index in [1.807, 2.05) is 12.4 Å². The summed E-state index contributed by atoms with van der Waals surface area (Å²) in [5, 5.41) is 3.71. The van der Waals surface area contributed by atoms with Crippen molar-refractivity contribution in [3.05, 3.63) is 30.1 Å². The van der Waals surface area contributed by atoms with Crippen LogP contribution in [-0.2, 0) is 6.54 Å². The van der Waals surface area contributed by atoms with Gasteiger partial charge in [-0.25, -0.2) is 0 Å². The lowest BCUT2D eigenvalue weighted by Gasteiger charge is -2.41. The Kier molecular flexibility index (Phi) is 6.65. The summed E-state index contributed by atoms with van der Waals surface area (Å²) >= 11 is 0. The second-order valence-corrected chi connectivity index (χ2v) is 6.47. The summed E-state index contributed by atoms with van der Waals surface area (Å²) in [4.78, 5) is 6.66. The maximum absolute atomic E-state index is 4.12. The molecule has 1 saturated carbocycles. The molecule has 3 nitrogen and oxygen atoms in total. The Labute approximate surface area is 130 Å². The first-order chi connectivity index (χ1) is 10.2. The zero-order valence-corrected chi connectivity index (χ0v) is 13.9. The van der Waals surface area contributed by atoms with Gasteiger partial charge in [-0.1, -0.05) is 26.7 Å². The van der Waals surface area contributed by atoms with Gasteiger partial charge in [-0.05, 0) is 56.5 Å². The minimum Gasteiger partial charge on any atom is -0.313 e. The van der Waals surface area contributed by atoms with Crippen LogP contribution in [0, 0.1) is 5.92 Å². The van der Waals surface area contributed by atoms with E-state index in [-0.39, 0.29) is 0 Å². The second-order valence-electron chi connectivity index (χ2n) is 6.47. The number of likely N-dealkylation sites (N-methyl/N-ethyl adjacent to an activating group) is 2. The highest BCUT2D eigenvalue weighted by Crippen LogP contribution is 2.31. The predicted octanol–water partition coefficient (Wildman–Crippen LogP) is 3.46. The molecule has 1 aromatic rings. The number of pyridine rings is 1. The van der Waals surface area contributed by atoms with Crippen molar-refractivity contribution in [1.82, 2.24) is 15.2 Å². The standard InChI is InChI=1S/C18H31N3/c1-4-6-15-7-8-17(20-5-2)18(13-15)21(3)14-16-9-11-19-12-10-16/h9-12,15,17-18,20H,4-8,13-14H2,1-3H3. The third-order valence-electron chi connectivity index (χ3n) is 4.84. The SMILES string of the molecule is CCCC1CCC(NCC)C(N(C)Cc2ccncc2)C1. The minimum absolute atomic E-state index is 0.648. The van der Waals surface area contributed by atoms with E-state index in [0.29, 0.717) is 12.1 Å². The molecule has 1 aliphatic rings. The molecule has 3 heteroatoms. The van der Waals surface area contributed by atoms with Crippen molar-refractivity contribution in [2.75, 3.05) is 13.6 Å². The van der Waals surface area contributed by atoms with Gasteiger partial charge in [-0.2, -0.15) is 0 Å². The van der Waals surface area contributed by atoms with Gasteiger partial charge in [0.25, 0.3) is 0 Å². The summed E-state index contributed by atoms with van der Waals surface area (Å²) < 4.78 is 0. The van der Waals surface area contributed by atoms with Crippen LogP contribution in [0.2, 0.25) is 0 Å². The first-order valence-corrected chi connectivity index (χ1v) is 8.57. The zero-order chi connectivity index (χ0) is 15.1. The van der Waals surface area contributed by atoms with E-state index in [1.165, 1.54) is 37.7 Å². The molecule has 0 amide bonds. The molecule has 1 aliphatic carbocycles. The fourth-order valence-corrected chi connectivity index (χ4v) is 3.78. The van der Waals surface area contributed by atoms with Gasteiger partial charge in [0, 0.05) is 31.0 Å². The third kappa shape index (κ3) is 4.79. The van der Waals surface area contributed by atoms with Gasteiger partial charge in [0.15, 0.2) is 0 Å². The molecular weight excluding hydrogens is 258 g/mol. The van der Waals surface area contributed by atoms with E-state index in [2.05, 4.69) is 48.2 Å². The van der Waals surface area contributed by atoms with Crippen molar-refractivity contribution in [2.24, 2.45) is 5.92 Å². The summed E-state index contributed by atoms with van der Waals surface area (Å²) in [5.74, 6) is 0.912. The third-order valence-corrected chi connectivity index (χ3v) is 4.84. The monoisotopic (exact) mass is 289 g/mol. The number of nitrogens with zero attached hydrogens (tertiary/aromatic N) is 2. The van der Waals surface area contributed by atoms with Gasteiger partial charge in [0.05, 0.1) is 0 Å². The molecule has 0 spiro atoms. The summed E-state index contributed by atoms with van der Waals surface area (Å²) in [5.41, 5.74) is 1.36. The Bertz CT molecular complexity index is 393. The van der Waals surface area contributed by atoms with Gasteiger partial charge >= 0.3 is 0 Å². The molecule has 1 aromatic heterocycles. The van der Waals surface area contributed by atoms with Gasteiger partial charge in [0.1, 0.15) is 0 Å². The largest absolute Gasteiger partial charge is 0.313 e. The van der Waals surface area contributed by atoms with Crippen molar-refractivity contribution < 1.29 is 0 Å². The van der Waals surface area contributed by atoms with Crippen LogP contribution in [0.1, 0.15) is 51.5 Å². The Morgan fingerprint density at radius 2 is 2.00 bits per heavy atom. The van der Waals surface area contributed by atoms with Crippen LogP contribution in [0.3, 0.4) is 0 Å². The molecule has 0 saturated heterocycles. The summed E-state index contributed by atoms with van der Waals surface area (Å²) in [6.07, 6.45) is 10.6. The lowest BCUT2D eigenvalue weighted by molar-refractivity contribution is 0.111. The van der Waals surface area contributed by atoms with E-state index < -0.39 is 0 Å². The molecule has 21 heavy (non-hydrogen) atoms. The average Bonchev–Trinajstić information content (AvgIpc) is 2.50. The normalized spacial score (nSPS) is 26.2. The molecule has 3 unspecified atom stereocenters. The Morgan fingerprint density at radius 1 is 1.24 bits per heavy atom. The van der Waals surface area contributed by atoms with Crippen LogP contribution < -0.4 is 5.32 Å². The van der Waals surface area contributed by atoms with E-state index in [1.54, 1.807) is 0 Å². The number of hydrogen-bond donors (Lipinski definition) is 1. The van der Waals surface area contributed by atoms with Crippen molar-refractivity contribution in [3.8, 4) is 0 Å². The molecule has 1 heterocycles. The van der Waals surface area contributed by atoms with Crippen molar-refractivity contribution in [2.45, 2.75) is 64.6 Å². The van der Waals surface area contributed by atoms with Gasteiger partial charge in [-0.3, -0.25) is 9.88 Å². The maximum Gasteiger partial charge on any atom is 0.0271 e.